The van der Waals surface area contributed by atoms with Gasteiger partial charge in [-0.3, -0.25) is 4.79 Å². The summed E-state index contributed by atoms with van der Waals surface area (Å²) in [6.07, 6.45) is 6.81. The number of rotatable bonds is 4. The third-order valence-corrected chi connectivity index (χ3v) is 4.43. The molecule has 0 heterocycles. The molecule has 3 heteroatoms. The number of benzene rings is 1. The number of carbonyl (C=O) groups is 1. The first-order valence-electron chi connectivity index (χ1n) is 7.17. The lowest BCUT2D eigenvalue weighted by Crippen LogP contribution is -2.42. The van der Waals surface area contributed by atoms with Crippen molar-refractivity contribution in [3.05, 3.63) is 35.9 Å². The second-order valence-corrected chi connectivity index (χ2v) is 6.07. The molecule has 0 aromatic heterocycles. The average molecular weight is 277 g/mol. The molecule has 1 aromatic rings. The summed E-state index contributed by atoms with van der Waals surface area (Å²) in [5, 5.41) is -0.227. The highest BCUT2D eigenvalue weighted by Crippen LogP contribution is 2.23. The van der Waals surface area contributed by atoms with Gasteiger partial charge in [-0.15, -0.1) is 0 Å². The van der Waals surface area contributed by atoms with Crippen molar-refractivity contribution in [1.82, 2.24) is 4.90 Å². The number of thiol groups is 1. The molecule has 104 valence electrons. The Hall–Kier alpha value is -0.960. The van der Waals surface area contributed by atoms with E-state index in [0.717, 1.165) is 12.8 Å². The predicted molar refractivity (Wildman–Crippen MR) is 82.6 cm³/mol. The van der Waals surface area contributed by atoms with Crippen LogP contribution in [0.2, 0.25) is 0 Å². The van der Waals surface area contributed by atoms with E-state index < -0.39 is 0 Å². The molecule has 1 aromatic carbocycles. The van der Waals surface area contributed by atoms with E-state index in [1.165, 1.54) is 24.8 Å². The van der Waals surface area contributed by atoms with Crippen molar-refractivity contribution in [2.45, 2.75) is 49.8 Å². The van der Waals surface area contributed by atoms with E-state index in [4.69, 9.17) is 0 Å². The van der Waals surface area contributed by atoms with Crippen molar-refractivity contribution in [3.63, 3.8) is 0 Å². The number of hydrogen-bond acceptors (Lipinski definition) is 2. The van der Waals surface area contributed by atoms with Crippen molar-refractivity contribution in [1.29, 1.82) is 0 Å². The van der Waals surface area contributed by atoms with E-state index in [0.29, 0.717) is 12.5 Å². The fraction of sp³-hybridized carbons (Fsp3) is 0.562. The molecule has 1 unspecified atom stereocenters. The van der Waals surface area contributed by atoms with Crippen LogP contribution < -0.4 is 0 Å². The molecule has 1 atom stereocenters. The fourth-order valence-electron chi connectivity index (χ4n) is 2.81. The standard InChI is InChI=1S/C16H23NOS/c1-17(14-10-6-3-7-11-14)16(18)15(19)12-13-8-4-2-5-9-13/h2,4-5,8-9,14-15,19H,3,6-7,10-12H2,1H3. The minimum atomic E-state index is -0.227. The molecule has 0 radical (unpaired) electrons. The van der Waals surface area contributed by atoms with Crippen LogP contribution in [-0.2, 0) is 11.2 Å². The minimum absolute atomic E-state index is 0.166. The van der Waals surface area contributed by atoms with E-state index in [2.05, 4.69) is 24.8 Å². The predicted octanol–water partition coefficient (Wildman–Crippen LogP) is 3.32. The lowest BCUT2D eigenvalue weighted by Gasteiger charge is -2.32. The smallest absolute Gasteiger partial charge is 0.235 e. The molecular formula is C16H23NOS. The molecule has 1 amide bonds. The van der Waals surface area contributed by atoms with E-state index >= 15 is 0 Å². The van der Waals surface area contributed by atoms with Gasteiger partial charge in [0.05, 0.1) is 5.25 Å². The van der Waals surface area contributed by atoms with Crippen molar-refractivity contribution in [3.8, 4) is 0 Å². The van der Waals surface area contributed by atoms with E-state index in [1.807, 2.05) is 30.1 Å². The second kappa shape index (κ2) is 6.99. The molecule has 0 N–H and O–H groups in total. The van der Waals surface area contributed by atoms with Crippen LogP contribution in [0.25, 0.3) is 0 Å². The summed E-state index contributed by atoms with van der Waals surface area (Å²) in [6, 6.07) is 10.5. The molecule has 1 aliphatic carbocycles. The molecule has 2 nitrogen and oxygen atoms in total. The minimum Gasteiger partial charge on any atom is -0.342 e. The van der Waals surface area contributed by atoms with Crippen molar-refractivity contribution >= 4 is 18.5 Å². The molecule has 1 saturated carbocycles. The van der Waals surface area contributed by atoms with Crippen LogP contribution in [0, 0.1) is 0 Å². The maximum Gasteiger partial charge on any atom is 0.235 e. The Kier molecular flexibility index (Phi) is 5.32. The Balaban J connectivity index is 1.90. The summed E-state index contributed by atoms with van der Waals surface area (Å²) in [7, 11) is 1.94. The number of amides is 1. The number of hydrogen-bond donors (Lipinski definition) is 1. The Morgan fingerprint density at radius 3 is 2.53 bits per heavy atom. The van der Waals surface area contributed by atoms with Crippen molar-refractivity contribution in [2.75, 3.05) is 7.05 Å². The summed E-state index contributed by atoms with van der Waals surface area (Å²) in [6.45, 7) is 0. The van der Waals surface area contributed by atoms with Gasteiger partial charge < -0.3 is 4.90 Å². The lowest BCUT2D eigenvalue weighted by atomic mass is 9.94. The Bertz CT molecular complexity index is 400. The number of nitrogens with zero attached hydrogens (tertiary/aromatic N) is 1. The second-order valence-electron chi connectivity index (χ2n) is 5.45. The molecule has 19 heavy (non-hydrogen) atoms. The van der Waals surface area contributed by atoms with E-state index in [1.54, 1.807) is 0 Å². The summed E-state index contributed by atoms with van der Waals surface area (Å²) in [5.74, 6) is 0.166. The van der Waals surface area contributed by atoms with Crippen LogP contribution in [-0.4, -0.2) is 29.1 Å². The highest BCUT2D eigenvalue weighted by molar-refractivity contribution is 7.81. The van der Waals surface area contributed by atoms with Crippen LogP contribution in [0.4, 0.5) is 0 Å². The zero-order valence-electron chi connectivity index (χ0n) is 11.6. The van der Waals surface area contributed by atoms with Crippen molar-refractivity contribution < 1.29 is 4.79 Å². The fourth-order valence-corrected chi connectivity index (χ4v) is 3.20. The highest BCUT2D eigenvalue weighted by atomic mass is 32.1. The Morgan fingerprint density at radius 1 is 1.26 bits per heavy atom. The topological polar surface area (TPSA) is 20.3 Å². The molecule has 2 rings (SSSR count). The largest absolute Gasteiger partial charge is 0.342 e. The zero-order valence-corrected chi connectivity index (χ0v) is 12.5. The van der Waals surface area contributed by atoms with Gasteiger partial charge in [-0.2, -0.15) is 12.6 Å². The molecule has 0 aliphatic heterocycles. The third kappa shape index (κ3) is 4.00. The van der Waals surface area contributed by atoms with Gasteiger partial charge in [0, 0.05) is 13.1 Å². The first kappa shape index (κ1) is 14.4. The summed E-state index contributed by atoms with van der Waals surface area (Å²) in [4.78, 5) is 14.3. The van der Waals surface area contributed by atoms with E-state index in [9.17, 15) is 4.79 Å². The molecule has 1 aliphatic rings. The normalized spacial score (nSPS) is 18.0. The first-order chi connectivity index (χ1) is 9.18. The third-order valence-electron chi connectivity index (χ3n) is 4.03. The maximum absolute atomic E-state index is 12.4. The Morgan fingerprint density at radius 2 is 1.89 bits per heavy atom. The average Bonchev–Trinajstić information content (AvgIpc) is 2.47. The van der Waals surface area contributed by atoms with Gasteiger partial charge in [-0.1, -0.05) is 49.6 Å². The van der Waals surface area contributed by atoms with Gasteiger partial charge in [0.25, 0.3) is 0 Å². The first-order valence-corrected chi connectivity index (χ1v) is 7.69. The van der Waals surface area contributed by atoms with Gasteiger partial charge in [0.2, 0.25) is 5.91 Å². The summed E-state index contributed by atoms with van der Waals surface area (Å²) in [5.41, 5.74) is 1.17. The molecule has 0 saturated heterocycles. The van der Waals surface area contributed by atoms with Crippen LogP contribution in [0.1, 0.15) is 37.7 Å². The lowest BCUT2D eigenvalue weighted by molar-refractivity contribution is -0.131. The molecule has 0 spiro atoms. The Labute approximate surface area is 121 Å². The zero-order chi connectivity index (χ0) is 13.7. The molecule has 0 bridgehead atoms. The van der Waals surface area contributed by atoms with Crippen LogP contribution >= 0.6 is 12.6 Å². The quantitative estimate of drug-likeness (QED) is 0.837. The van der Waals surface area contributed by atoms with Gasteiger partial charge in [-0.25, -0.2) is 0 Å². The van der Waals surface area contributed by atoms with Crippen LogP contribution in [0.3, 0.4) is 0 Å². The molecule has 1 fully saturated rings. The van der Waals surface area contributed by atoms with Gasteiger partial charge >= 0.3 is 0 Å². The van der Waals surface area contributed by atoms with Gasteiger partial charge in [0.15, 0.2) is 0 Å². The summed E-state index contributed by atoms with van der Waals surface area (Å²) < 4.78 is 0. The summed E-state index contributed by atoms with van der Waals surface area (Å²) >= 11 is 4.50. The van der Waals surface area contributed by atoms with Crippen LogP contribution in [0.5, 0.6) is 0 Å². The molecular weight excluding hydrogens is 254 g/mol. The van der Waals surface area contributed by atoms with Crippen molar-refractivity contribution in [2.24, 2.45) is 0 Å². The maximum atomic E-state index is 12.4. The van der Waals surface area contributed by atoms with E-state index in [-0.39, 0.29) is 11.2 Å². The highest BCUT2D eigenvalue weighted by Gasteiger charge is 2.25. The number of carbonyl (C=O) groups excluding carboxylic acids is 1. The SMILES string of the molecule is CN(C(=O)C(S)Cc1ccccc1)C1CCCCC1. The van der Waals surface area contributed by atoms with Gasteiger partial charge in [-0.05, 0) is 24.8 Å². The van der Waals surface area contributed by atoms with Crippen LogP contribution in [0.15, 0.2) is 30.3 Å². The van der Waals surface area contributed by atoms with Gasteiger partial charge in [0.1, 0.15) is 0 Å². The monoisotopic (exact) mass is 277 g/mol.